The fourth-order valence-corrected chi connectivity index (χ4v) is 5.76. The smallest absolute Gasteiger partial charge is 0.338 e. The van der Waals surface area contributed by atoms with E-state index in [0.29, 0.717) is 42.7 Å². The van der Waals surface area contributed by atoms with E-state index in [0.717, 1.165) is 4.88 Å². The molecule has 0 saturated carbocycles. The van der Waals surface area contributed by atoms with E-state index in [1.165, 1.54) is 22.7 Å². The number of ether oxygens (including phenoxy) is 3. The van der Waals surface area contributed by atoms with E-state index in [1.54, 1.807) is 36.6 Å². The minimum atomic E-state index is -0.598. The Labute approximate surface area is 195 Å². The van der Waals surface area contributed by atoms with E-state index in [9.17, 15) is 9.59 Å². The molecule has 0 amide bonds. The molecule has 0 N–H and O–H groups in total. The average molecular weight is 489 g/mol. The van der Waals surface area contributed by atoms with Crippen LogP contribution in [0.25, 0.3) is 6.08 Å². The first-order valence-electron chi connectivity index (χ1n) is 9.80. The summed E-state index contributed by atoms with van der Waals surface area (Å²) in [4.78, 5) is 32.2. The molecule has 4 heterocycles. The quantitative estimate of drug-likeness (QED) is 0.527. The van der Waals surface area contributed by atoms with Crippen molar-refractivity contribution in [2.24, 2.45) is 4.99 Å². The summed E-state index contributed by atoms with van der Waals surface area (Å²) in [6, 6.07) is 6.61. The number of esters is 1. The van der Waals surface area contributed by atoms with Crippen LogP contribution >= 0.6 is 34.3 Å². The third kappa shape index (κ3) is 3.46. The van der Waals surface area contributed by atoms with Gasteiger partial charge in [-0.3, -0.25) is 9.36 Å². The molecule has 1 aromatic carbocycles. The van der Waals surface area contributed by atoms with Gasteiger partial charge in [-0.05, 0) is 43.0 Å². The Bertz CT molecular complexity index is 1440. The Morgan fingerprint density at radius 1 is 1.38 bits per heavy atom. The number of thiophene rings is 1. The number of hydrogen-bond acceptors (Lipinski definition) is 8. The third-order valence-corrected chi connectivity index (χ3v) is 7.34. The lowest BCUT2D eigenvalue weighted by Crippen LogP contribution is -2.39. The van der Waals surface area contributed by atoms with E-state index in [2.05, 4.69) is 4.99 Å². The molecular formula is C22H17ClN2O5S2. The molecule has 32 heavy (non-hydrogen) atoms. The molecule has 0 fully saturated rings. The zero-order chi connectivity index (χ0) is 22.4. The molecule has 0 bridgehead atoms. The van der Waals surface area contributed by atoms with Gasteiger partial charge in [-0.1, -0.05) is 29.0 Å². The molecule has 10 heteroatoms. The van der Waals surface area contributed by atoms with Crippen molar-refractivity contribution in [1.82, 2.24) is 4.57 Å². The molecule has 7 nitrogen and oxygen atoms in total. The summed E-state index contributed by atoms with van der Waals surface area (Å²) >= 11 is 9.13. The molecule has 1 unspecified atom stereocenters. The fraction of sp³-hybridized carbons (Fsp3) is 0.227. The summed E-state index contributed by atoms with van der Waals surface area (Å²) < 4.78 is 18.1. The molecule has 3 aromatic rings. The SMILES string of the molecule is CCOC(=O)C1=C(C)N=c2sc(=Cc3cc4c(cc3Cl)OCO4)c(=O)n2C1c1cccs1. The van der Waals surface area contributed by atoms with Crippen LogP contribution in [0.4, 0.5) is 0 Å². The van der Waals surface area contributed by atoms with Crippen LogP contribution in [-0.2, 0) is 9.53 Å². The average Bonchev–Trinajstić information content (AvgIpc) is 3.49. The van der Waals surface area contributed by atoms with Gasteiger partial charge in [-0.2, -0.15) is 0 Å². The number of carbonyl (C=O) groups is 1. The first-order chi connectivity index (χ1) is 15.5. The molecule has 0 saturated heterocycles. The number of carbonyl (C=O) groups excluding carboxylic acids is 1. The van der Waals surface area contributed by atoms with Crippen molar-refractivity contribution >= 4 is 46.3 Å². The maximum Gasteiger partial charge on any atom is 0.338 e. The summed E-state index contributed by atoms with van der Waals surface area (Å²) in [6.45, 7) is 3.88. The second kappa shape index (κ2) is 8.23. The summed E-state index contributed by atoms with van der Waals surface area (Å²) in [6.07, 6.45) is 1.71. The predicted octanol–water partition coefficient (Wildman–Crippen LogP) is 3.24. The van der Waals surface area contributed by atoms with Crippen molar-refractivity contribution in [3.63, 3.8) is 0 Å². The molecule has 5 rings (SSSR count). The van der Waals surface area contributed by atoms with Gasteiger partial charge in [0.25, 0.3) is 5.56 Å². The zero-order valence-corrected chi connectivity index (χ0v) is 19.5. The molecular weight excluding hydrogens is 472 g/mol. The van der Waals surface area contributed by atoms with E-state index in [4.69, 9.17) is 25.8 Å². The number of rotatable bonds is 4. The molecule has 1 atom stereocenters. The van der Waals surface area contributed by atoms with Crippen LogP contribution in [0, 0.1) is 0 Å². The number of nitrogens with zero attached hydrogens (tertiary/aromatic N) is 2. The third-order valence-electron chi connectivity index (χ3n) is 5.11. The fourth-order valence-electron chi connectivity index (χ4n) is 3.69. The Balaban J connectivity index is 1.70. The highest BCUT2D eigenvalue weighted by Gasteiger charge is 2.33. The number of hydrogen-bond donors (Lipinski definition) is 0. The van der Waals surface area contributed by atoms with Crippen molar-refractivity contribution < 1.29 is 19.0 Å². The maximum atomic E-state index is 13.5. The monoisotopic (exact) mass is 488 g/mol. The second-order valence-corrected chi connectivity index (χ2v) is 9.44. The van der Waals surface area contributed by atoms with Gasteiger partial charge in [0, 0.05) is 10.9 Å². The molecule has 164 valence electrons. The molecule has 2 aliphatic heterocycles. The topological polar surface area (TPSA) is 79.1 Å². The lowest BCUT2D eigenvalue weighted by Gasteiger charge is -2.23. The normalized spacial score (nSPS) is 17.3. The molecule has 2 aromatic heterocycles. The summed E-state index contributed by atoms with van der Waals surface area (Å²) in [5.74, 6) is 0.673. The number of halogens is 1. The standard InChI is InChI=1S/C22H17ClN2O5S2/c1-3-28-21(27)18-11(2)24-22-25(19(18)16-5-4-6-31-16)20(26)17(32-22)8-12-7-14-15(9-13(12)23)30-10-29-14/h4-9,19H,3,10H2,1-2H3. The summed E-state index contributed by atoms with van der Waals surface area (Å²) in [5, 5.41) is 2.36. The molecule has 0 aliphatic carbocycles. The van der Waals surface area contributed by atoms with Gasteiger partial charge in [0.05, 0.1) is 27.4 Å². The number of benzene rings is 1. The van der Waals surface area contributed by atoms with Crippen LogP contribution in [0.15, 0.2) is 50.7 Å². The van der Waals surface area contributed by atoms with Crippen molar-refractivity contribution in [2.75, 3.05) is 13.4 Å². The molecule has 2 aliphatic rings. The van der Waals surface area contributed by atoms with Crippen LogP contribution in [-0.4, -0.2) is 23.9 Å². The van der Waals surface area contributed by atoms with E-state index >= 15 is 0 Å². The Hall–Kier alpha value is -2.88. The van der Waals surface area contributed by atoms with Crippen LogP contribution in [0.2, 0.25) is 5.02 Å². The van der Waals surface area contributed by atoms with Crippen LogP contribution in [0.3, 0.4) is 0 Å². The first-order valence-corrected chi connectivity index (χ1v) is 11.9. The van der Waals surface area contributed by atoms with Crippen LogP contribution in [0.1, 0.15) is 30.3 Å². The second-order valence-electron chi connectivity index (χ2n) is 7.04. The van der Waals surface area contributed by atoms with Gasteiger partial charge in [0.2, 0.25) is 6.79 Å². The molecule has 0 radical (unpaired) electrons. The summed E-state index contributed by atoms with van der Waals surface area (Å²) in [7, 11) is 0. The Morgan fingerprint density at radius 3 is 2.88 bits per heavy atom. The number of thiazole rings is 1. The highest BCUT2D eigenvalue weighted by molar-refractivity contribution is 7.10. The van der Waals surface area contributed by atoms with E-state index < -0.39 is 12.0 Å². The maximum absolute atomic E-state index is 13.5. The first kappa shape index (κ1) is 21.0. The van der Waals surface area contributed by atoms with E-state index in [1.807, 2.05) is 17.5 Å². The number of aromatic nitrogens is 1. The minimum Gasteiger partial charge on any atom is -0.463 e. The minimum absolute atomic E-state index is 0.133. The Morgan fingerprint density at radius 2 is 2.16 bits per heavy atom. The van der Waals surface area contributed by atoms with Crippen molar-refractivity contribution in [1.29, 1.82) is 0 Å². The largest absolute Gasteiger partial charge is 0.463 e. The van der Waals surface area contributed by atoms with Crippen molar-refractivity contribution in [2.45, 2.75) is 19.9 Å². The number of fused-ring (bicyclic) bond motifs is 2. The predicted molar refractivity (Wildman–Crippen MR) is 122 cm³/mol. The van der Waals surface area contributed by atoms with Gasteiger partial charge >= 0.3 is 5.97 Å². The zero-order valence-electron chi connectivity index (χ0n) is 17.1. The van der Waals surface area contributed by atoms with Crippen molar-refractivity contribution in [3.8, 4) is 11.5 Å². The van der Waals surface area contributed by atoms with Gasteiger partial charge < -0.3 is 14.2 Å². The lowest BCUT2D eigenvalue weighted by atomic mass is 10.0. The van der Waals surface area contributed by atoms with Crippen molar-refractivity contribution in [3.05, 3.63) is 76.1 Å². The van der Waals surface area contributed by atoms with Gasteiger partial charge in [0.15, 0.2) is 16.3 Å². The molecule has 0 spiro atoms. The lowest BCUT2D eigenvalue weighted by molar-refractivity contribution is -0.139. The van der Waals surface area contributed by atoms with Crippen LogP contribution < -0.4 is 24.4 Å². The van der Waals surface area contributed by atoms with Gasteiger partial charge in [0.1, 0.15) is 6.04 Å². The highest BCUT2D eigenvalue weighted by Crippen LogP contribution is 2.37. The Kier molecular flexibility index (Phi) is 5.40. The van der Waals surface area contributed by atoms with Crippen LogP contribution in [0.5, 0.6) is 11.5 Å². The van der Waals surface area contributed by atoms with E-state index in [-0.39, 0.29) is 19.0 Å². The summed E-state index contributed by atoms with van der Waals surface area (Å²) in [5.41, 5.74) is 1.29. The van der Waals surface area contributed by atoms with Gasteiger partial charge in [-0.25, -0.2) is 9.79 Å². The van der Waals surface area contributed by atoms with Gasteiger partial charge in [-0.15, -0.1) is 11.3 Å². The highest BCUT2D eigenvalue weighted by atomic mass is 35.5. The number of allylic oxidation sites excluding steroid dienone is 1.